The predicted molar refractivity (Wildman–Crippen MR) is 141 cm³/mol. The van der Waals surface area contributed by atoms with E-state index in [9.17, 15) is 9.59 Å². The molecule has 7 heteroatoms. The lowest BCUT2D eigenvalue weighted by Gasteiger charge is -2.12. The van der Waals surface area contributed by atoms with Gasteiger partial charge < -0.3 is 14.2 Å². The Kier molecular flexibility index (Phi) is 7.10. The molecule has 36 heavy (non-hydrogen) atoms. The summed E-state index contributed by atoms with van der Waals surface area (Å²) >= 11 is 0. The van der Waals surface area contributed by atoms with E-state index in [1.165, 1.54) is 36.5 Å². The fourth-order valence-corrected chi connectivity index (χ4v) is 3.98. The maximum Gasteiger partial charge on any atom is 0.340 e. The molecule has 0 unspecified atom stereocenters. The van der Waals surface area contributed by atoms with Crippen LogP contribution in [0.3, 0.4) is 0 Å². The summed E-state index contributed by atoms with van der Waals surface area (Å²) in [4.78, 5) is 26.9. The van der Waals surface area contributed by atoms with E-state index in [0.717, 1.165) is 16.7 Å². The second-order valence-electron chi connectivity index (χ2n) is 8.27. The standard InChI is InChI=1S/C29H28N2O5/c1-19-11-13-22(15-20(19)2)24-18-30(23-9-7-6-8-10-23)29(33)31(24)27(32)14-12-21-16-25(34-3)28(36-5)26(17-21)35-4/h6-18H,1-5H3/b14-12+. The molecule has 4 rings (SSSR count). The van der Waals surface area contributed by atoms with E-state index in [1.807, 2.05) is 62.4 Å². The summed E-state index contributed by atoms with van der Waals surface area (Å²) in [6.07, 6.45) is 4.68. The van der Waals surface area contributed by atoms with Crippen molar-refractivity contribution in [2.75, 3.05) is 21.3 Å². The Hall–Kier alpha value is -4.52. The number of hydrogen-bond donors (Lipinski definition) is 0. The van der Waals surface area contributed by atoms with E-state index >= 15 is 0 Å². The number of methoxy groups -OCH3 is 3. The van der Waals surface area contributed by atoms with Crippen molar-refractivity contribution in [3.8, 4) is 34.2 Å². The Morgan fingerprint density at radius 2 is 1.50 bits per heavy atom. The van der Waals surface area contributed by atoms with Crippen LogP contribution in [0.4, 0.5) is 0 Å². The van der Waals surface area contributed by atoms with Crippen molar-refractivity contribution in [1.29, 1.82) is 0 Å². The summed E-state index contributed by atoms with van der Waals surface area (Å²) in [6.45, 7) is 4.02. The van der Waals surface area contributed by atoms with Gasteiger partial charge >= 0.3 is 5.69 Å². The average molecular weight is 485 g/mol. The lowest BCUT2D eigenvalue weighted by Crippen LogP contribution is -2.27. The Labute approximate surface area is 209 Å². The highest BCUT2D eigenvalue weighted by Crippen LogP contribution is 2.38. The van der Waals surface area contributed by atoms with E-state index in [0.29, 0.717) is 34.2 Å². The molecule has 0 bridgehead atoms. The van der Waals surface area contributed by atoms with Gasteiger partial charge in [0.05, 0.1) is 32.7 Å². The van der Waals surface area contributed by atoms with E-state index in [-0.39, 0.29) is 0 Å². The summed E-state index contributed by atoms with van der Waals surface area (Å²) in [5.41, 5.74) is 4.36. The summed E-state index contributed by atoms with van der Waals surface area (Å²) < 4.78 is 18.8. The minimum absolute atomic E-state index is 0.450. The average Bonchev–Trinajstić information content (AvgIpc) is 3.25. The predicted octanol–water partition coefficient (Wildman–Crippen LogP) is 5.30. The largest absolute Gasteiger partial charge is 0.493 e. The lowest BCUT2D eigenvalue weighted by atomic mass is 10.0. The molecule has 184 valence electrons. The summed E-state index contributed by atoms with van der Waals surface area (Å²) in [7, 11) is 4.58. The Balaban J connectivity index is 1.82. The zero-order chi connectivity index (χ0) is 25.8. The molecule has 0 spiro atoms. The first-order valence-electron chi connectivity index (χ1n) is 11.4. The molecule has 0 saturated heterocycles. The molecule has 0 radical (unpaired) electrons. The first-order valence-corrected chi connectivity index (χ1v) is 11.4. The van der Waals surface area contributed by atoms with Gasteiger partial charge in [-0.2, -0.15) is 0 Å². The molecular formula is C29H28N2O5. The molecule has 0 aliphatic heterocycles. The number of aryl methyl sites for hydroxylation is 2. The summed E-state index contributed by atoms with van der Waals surface area (Å²) in [6, 6.07) is 18.6. The van der Waals surface area contributed by atoms with Crippen LogP contribution in [0.25, 0.3) is 23.0 Å². The van der Waals surface area contributed by atoms with Crippen molar-refractivity contribution in [3.63, 3.8) is 0 Å². The lowest BCUT2D eigenvalue weighted by molar-refractivity contribution is 0.0967. The maximum atomic E-state index is 13.5. The van der Waals surface area contributed by atoms with E-state index in [4.69, 9.17) is 14.2 Å². The number of ether oxygens (including phenoxy) is 3. The van der Waals surface area contributed by atoms with Crippen LogP contribution >= 0.6 is 0 Å². The van der Waals surface area contributed by atoms with Gasteiger partial charge in [-0.15, -0.1) is 0 Å². The molecule has 0 saturated carbocycles. The fraction of sp³-hybridized carbons (Fsp3) is 0.172. The monoisotopic (exact) mass is 484 g/mol. The topological polar surface area (TPSA) is 71.7 Å². The van der Waals surface area contributed by atoms with Crippen LogP contribution in [0.5, 0.6) is 17.2 Å². The highest BCUT2D eigenvalue weighted by atomic mass is 16.5. The number of aromatic nitrogens is 2. The minimum atomic E-state index is -0.475. The normalized spacial score (nSPS) is 11.0. The molecule has 0 aliphatic carbocycles. The Bertz CT molecular complexity index is 1470. The second-order valence-corrected chi connectivity index (χ2v) is 8.27. The van der Waals surface area contributed by atoms with Gasteiger partial charge in [-0.3, -0.25) is 9.36 Å². The molecule has 0 amide bonds. The molecule has 0 atom stereocenters. The van der Waals surface area contributed by atoms with Crippen molar-refractivity contribution in [2.45, 2.75) is 13.8 Å². The van der Waals surface area contributed by atoms with Crippen molar-refractivity contribution in [1.82, 2.24) is 9.13 Å². The molecule has 1 heterocycles. The number of hydrogen-bond acceptors (Lipinski definition) is 5. The molecular weight excluding hydrogens is 456 g/mol. The number of carbonyl (C=O) groups is 1. The summed E-state index contributed by atoms with van der Waals surface area (Å²) in [5, 5.41) is 0. The van der Waals surface area contributed by atoms with E-state index in [2.05, 4.69) is 0 Å². The van der Waals surface area contributed by atoms with E-state index < -0.39 is 11.6 Å². The molecule has 3 aromatic carbocycles. The Morgan fingerprint density at radius 1 is 0.833 bits per heavy atom. The molecule has 7 nitrogen and oxygen atoms in total. The van der Waals surface area contributed by atoms with Crippen molar-refractivity contribution in [2.24, 2.45) is 0 Å². The van der Waals surface area contributed by atoms with Gasteiger partial charge in [-0.1, -0.05) is 30.3 Å². The van der Waals surface area contributed by atoms with Crippen LogP contribution in [0.15, 0.2) is 77.7 Å². The third-order valence-corrected chi connectivity index (χ3v) is 6.05. The van der Waals surface area contributed by atoms with Gasteiger partial charge in [0, 0.05) is 17.8 Å². The number of carbonyl (C=O) groups excluding carboxylic acids is 1. The first-order chi connectivity index (χ1) is 17.4. The molecule has 1 aromatic heterocycles. The third-order valence-electron chi connectivity index (χ3n) is 6.05. The van der Waals surface area contributed by atoms with Gasteiger partial charge in [-0.25, -0.2) is 9.36 Å². The zero-order valence-electron chi connectivity index (χ0n) is 20.9. The number of benzene rings is 3. The van der Waals surface area contributed by atoms with Crippen LogP contribution in [-0.2, 0) is 0 Å². The van der Waals surface area contributed by atoms with Crippen LogP contribution in [0, 0.1) is 13.8 Å². The van der Waals surface area contributed by atoms with E-state index in [1.54, 1.807) is 24.4 Å². The number of nitrogens with zero attached hydrogens (tertiary/aromatic N) is 2. The van der Waals surface area contributed by atoms with Crippen molar-refractivity contribution >= 4 is 12.0 Å². The number of allylic oxidation sites excluding steroid dienone is 1. The number of imidazole rings is 1. The summed E-state index contributed by atoms with van der Waals surface area (Å²) in [5.74, 6) is 0.910. The number of para-hydroxylation sites is 1. The smallest absolute Gasteiger partial charge is 0.340 e. The zero-order valence-corrected chi connectivity index (χ0v) is 20.9. The maximum absolute atomic E-state index is 13.5. The van der Waals surface area contributed by atoms with Gasteiger partial charge in [0.15, 0.2) is 11.5 Å². The molecule has 4 aromatic rings. The van der Waals surface area contributed by atoms with Crippen molar-refractivity contribution < 1.29 is 19.0 Å². The van der Waals surface area contributed by atoms with Crippen LogP contribution in [-0.4, -0.2) is 36.4 Å². The van der Waals surface area contributed by atoms with Gasteiger partial charge in [0.25, 0.3) is 5.91 Å². The van der Waals surface area contributed by atoms with Gasteiger partial charge in [-0.05, 0) is 66.9 Å². The molecule has 0 fully saturated rings. The highest BCUT2D eigenvalue weighted by molar-refractivity contribution is 5.96. The minimum Gasteiger partial charge on any atom is -0.493 e. The molecule has 0 N–H and O–H groups in total. The molecule has 0 aliphatic rings. The van der Waals surface area contributed by atoms with Gasteiger partial charge in [0.2, 0.25) is 5.75 Å². The fourth-order valence-electron chi connectivity index (χ4n) is 3.98. The highest BCUT2D eigenvalue weighted by Gasteiger charge is 2.19. The van der Waals surface area contributed by atoms with Crippen molar-refractivity contribution in [3.05, 3.63) is 100 Å². The quantitative estimate of drug-likeness (QED) is 0.333. The van der Waals surface area contributed by atoms with Crippen LogP contribution in [0.1, 0.15) is 21.5 Å². The van der Waals surface area contributed by atoms with Gasteiger partial charge in [0.1, 0.15) is 0 Å². The Morgan fingerprint density at radius 3 is 2.08 bits per heavy atom. The second kappa shape index (κ2) is 10.4. The van der Waals surface area contributed by atoms with Crippen LogP contribution in [0.2, 0.25) is 0 Å². The number of rotatable bonds is 7. The van der Waals surface area contributed by atoms with Crippen LogP contribution < -0.4 is 19.9 Å². The third kappa shape index (κ3) is 4.68. The first kappa shape index (κ1) is 24.6. The SMILES string of the molecule is COc1cc(/C=C/C(=O)n2c(-c3ccc(C)c(C)c3)cn(-c3ccccc3)c2=O)cc(OC)c1OC.